The highest BCUT2D eigenvalue weighted by Gasteiger charge is 2.50. The minimum absolute atomic E-state index is 0.144. The first kappa shape index (κ1) is 28.5. The second-order valence-electron chi connectivity index (χ2n) is 8.97. The van der Waals surface area contributed by atoms with E-state index in [1.807, 2.05) is 60.7 Å². The lowest BCUT2D eigenvalue weighted by atomic mass is 9.98. The Morgan fingerprint density at radius 1 is 0.846 bits per heavy atom. The molecule has 3 aromatic carbocycles. The largest absolute Gasteiger partial charge is 0.497 e. The Morgan fingerprint density at radius 3 is 2.08 bits per heavy atom. The molecule has 0 aliphatic carbocycles. The summed E-state index contributed by atoms with van der Waals surface area (Å²) in [4.78, 5) is 13.1. The van der Waals surface area contributed by atoms with Crippen LogP contribution in [0.5, 0.6) is 5.75 Å². The number of ether oxygens (including phenoxy) is 6. The Kier molecular flexibility index (Phi) is 10.6. The molecule has 0 bridgehead atoms. The van der Waals surface area contributed by atoms with E-state index in [1.165, 1.54) is 0 Å². The monoisotopic (exact) mass is 534 g/mol. The van der Waals surface area contributed by atoms with Crippen LogP contribution in [-0.2, 0) is 36.9 Å². The molecule has 1 N–H and O–H groups in total. The summed E-state index contributed by atoms with van der Waals surface area (Å²) in [6, 6.07) is 25.7. The zero-order valence-corrected chi connectivity index (χ0v) is 21.9. The third-order valence-corrected chi connectivity index (χ3v) is 6.29. The van der Waals surface area contributed by atoms with Gasteiger partial charge in [-0.05, 0) is 35.4 Å². The van der Waals surface area contributed by atoms with E-state index >= 15 is 0 Å². The van der Waals surface area contributed by atoms with E-state index in [0.717, 1.165) is 16.9 Å². The van der Waals surface area contributed by atoms with Crippen LogP contribution in [0.3, 0.4) is 0 Å². The smallest absolute Gasteiger partial charge is 0.338 e. The topological polar surface area (TPSA) is 92.7 Å². The van der Waals surface area contributed by atoms with Crippen LogP contribution >= 0.6 is 0 Å². The number of carbonyl (C=O) groups is 1. The van der Waals surface area contributed by atoms with Crippen molar-refractivity contribution in [2.24, 2.45) is 0 Å². The van der Waals surface area contributed by atoms with Gasteiger partial charge in [-0.15, -0.1) is 6.58 Å². The molecular formula is C31H34O8. The molecule has 0 amide bonds. The standard InChI is InChI=1S/C31H34O8/c1-3-18-35-31-29(39-30(33)24-12-8-5-9-13-24)28(37-20-22-10-6-4-7-11-22)27(26(19-32)38-31)36-21-23-14-16-25(34-2)17-15-23/h3-17,26-29,31-32H,1,18-21H2,2H3/t26-,27-,28+,29+,31+/m1/s1. The normalized spacial score (nSPS) is 22.7. The van der Waals surface area contributed by atoms with Crippen LogP contribution in [0.2, 0.25) is 0 Å². The van der Waals surface area contributed by atoms with E-state index in [9.17, 15) is 9.90 Å². The molecule has 1 saturated heterocycles. The van der Waals surface area contributed by atoms with Gasteiger partial charge in [-0.3, -0.25) is 0 Å². The van der Waals surface area contributed by atoms with Gasteiger partial charge in [0.2, 0.25) is 0 Å². The minimum Gasteiger partial charge on any atom is -0.497 e. The molecule has 5 atom stereocenters. The number of benzene rings is 3. The van der Waals surface area contributed by atoms with Crippen LogP contribution in [-0.4, -0.2) is 62.1 Å². The fourth-order valence-electron chi connectivity index (χ4n) is 4.29. The fraction of sp³-hybridized carbons (Fsp3) is 0.323. The van der Waals surface area contributed by atoms with Crippen LogP contribution in [0, 0.1) is 0 Å². The molecule has 8 heteroatoms. The second kappa shape index (κ2) is 14.6. The lowest BCUT2D eigenvalue weighted by Gasteiger charge is -2.45. The van der Waals surface area contributed by atoms with Gasteiger partial charge in [-0.1, -0.05) is 66.7 Å². The molecule has 0 radical (unpaired) electrons. The second-order valence-corrected chi connectivity index (χ2v) is 8.97. The fourth-order valence-corrected chi connectivity index (χ4v) is 4.29. The van der Waals surface area contributed by atoms with Gasteiger partial charge in [0, 0.05) is 0 Å². The van der Waals surface area contributed by atoms with E-state index in [-0.39, 0.29) is 26.4 Å². The first-order valence-corrected chi connectivity index (χ1v) is 12.8. The average Bonchev–Trinajstić information content (AvgIpc) is 2.99. The van der Waals surface area contributed by atoms with E-state index in [1.54, 1.807) is 37.5 Å². The minimum atomic E-state index is -1.02. The Balaban J connectivity index is 1.62. The van der Waals surface area contributed by atoms with Crippen molar-refractivity contribution in [3.8, 4) is 5.75 Å². The number of rotatable bonds is 13. The van der Waals surface area contributed by atoms with Gasteiger partial charge in [0.25, 0.3) is 0 Å². The van der Waals surface area contributed by atoms with Crippen LogP contribution < -0.4 is 4.74 Å². The van der Waals surface area contributed by atoms with Crippen molar-refractivity contribution in [2.45, 2.75) is 43.9 Å². The molecule has 0 saturated carbocycles. The molecule has 0 spiro atoms. The summed E-state index contributed by atoms with van der Waals surface area (Å²) >= 11 is 0. The molecule has 8 nitrogen and oxygen atoms in total. The van der Waals surface area contributed by atoms with Crippen molar-refractivity contribution < 1.29 is 38.3 Å². The Morgan fingerprint density at radius 2 is 1.46 bits per heavy atom. The van der Waals surface area contributed by atoms with Crippen molar-refractivity contribution in [2.75, 3.05) is 20.3 Å². The number of esters is 1. The maximum absolute atomic E-state index is 13.1. The van der Waals surface area contributed by atoms with E-state index in [2.05, 4.69) is 6.58 Å². The van der Waals surface area contributed by atoms with Crippen molar-refractivity contribution in [3.63, 3.8) is 0 Å². The molecular weight excluding hydrogens is 500 g/mol. The Labute approximate surface area is 228 Å². The molecule has 206 valence electrons. The third kappa shape index (κ3) is 7.75. The maximum Gasteiger partial charge on any atom is 0.338 e. The molecule has 0 unspecified atom stereocenters. The quantitative estimate of drug-likeness (QED) is 0.256. The number of hydrogen-bond acceptors (Lipinski definition) is 8. The van der Waals surface area contributed by atoms with E-state index < -0.39 is 36.7 Å². The highest BCUT2D eigenvalue weighted by Crippen LogP contribution is 2.31. The summed E-state index contributed by atoms with van der Waals surface area (Å²) in [6.07, 6.45) is -2.85. The lowest BCUT2D eigenvalue weighted by molar-refractivity contribution is -0.313. The molecule has 4 rings (SSSR count). The number of methoxy groups -OCH3 is 1. The van der Waals surface area contributed by atoms with Crippen molar-refractivity contribution in [1.82, 2.24) is 0 Å². The third-order valence-electron chi connectivity index (χ3n) is 6.29. The summed E-state index contributed by atoms with van der Waals surface area (Å²) in [5.74, 6) is 0.174. The van der Waals surface area contributed by atoms with Gasteiger partial charge in [-0.25, -0.2) is 4.79 Å². The number of carbonyl (C=O) groups excluding carboxylic acids is 1. The van der Waals surface area contributed by atoms with Gasteiger partial charge < -0.3 is 33.5 Å². The zero-order chi connectivity index (χ0) is 27.5. The Hall–Kier alpha value is -3.53. The van der Waals surface area contributed by atoms with Gasteiger partial charge >= 0.3 is 5.97 Å². The first-order chi connectivity index (χ1) is 19.1. The number of hydrogen-bond donors (Lipinski definition) is 1. The Bertz CT molecular complexity index is 1150. The first-order valence-electron chi connectivity index (χ1n) is 12.8. The number of aliphatic hydroxyl groups is 1. The maximum atomic E-state index is 13.1. The van der Waals surface area contributed by atoms with Crippen LogP contribution in [0.1, 0.15) is 21.5 Å². The predicted molar refractivity (Wildman–Crippen MR) is 144 cm³/mol. The summed E-state index contributed by atoms with van der Waals surface area (Å²) in [5, 5.41) is 10.3. The predicted octanol–water partition coefficient (Wildman–Crippen LogP) is 4.31. The zero-order valence-electron chi connectivity index (χ0n) is 21.9. The SMILES string of the molecule is C=CCO[C@H]1O[C@H](CO)[C@@H](OCc2ccc(OC)cc2)[C@H](OCc2ccccc2)[C@@H]1OC(=O)c1ccccc1. The molecule has 1 aliphatic rings. The molecule has 1 heterocycles. The van der Waals surface area contributed by atoms with Crippen LogP contribution in [0.4, 0.5) is 0 Å². The van der Waals surface area contributed by atoms with Crippen LogP contribution in [0.15, 0.2) is 97.6 Å². The molecule has 1 aliphatic heterocycles. The highest BCUT2D eigenvalue weighted by molar-refractivity contribution is 5.89. The summed E-state index contributed by atoms with van der Waals surface area (Å²) in [7, 11) is 1.60. The summed E-state index contributed by atoms with van der Waals surface area (Å²) in [5.41, 5.74) is 2.19. The van der Waals surface area contributed by atoms with Gasteiger partial charge in [0.15, 0.2) is 12.4 Å². The highest BCUT2D eigenvalue weighted by atomic mass is 16.7. The van der Waals surface area contributed by atoms with Gasteiger partial charge in [0.05, 0.1) is 39.1 Å². The molecule has 0 aromatic heterocycles. The van der Waals surface area contributed by atoms with E-state index in [4.69, 9.17) is 28.4 Å². The molecule has 3 aromatic rings. The van der Waals surface area contributed by atoms with Gasteiger partial charge in [0.1, 0.15) is 24.1 Å². The summed E-state index contributed by atoms with van der Waals surface area (Å²) < 4.78 is 35.8. The van der Waals surface area contributed by atoms with Crippen molar-refractivity contribution in [1.29, 1.82) is 0 Å². The summed E-state index contributed by atoms with van der Waals surface area (Å²) in [6.45, 7) is 3.92. The van der Waals surface area contributed by atoms with E-state index in [0.29, 0.717) is 5.56 Å². The average molecular weight is 535 g/mol. The lowest BCUT2D eigenvalue weighted by Crippen LogP contribution is -2.62. The van der Waals surface area contributed by atoms with Crippen molar-refractivity contribution >= 4 is 5.97 Å². The van der Waals surface area contributed by atoms with Gasteiger partial charge in [-0.2, -0.15) is 0 Å². The molecule has 39 heavy (non-hydrogen) atoms. The van der Waals surface area contributed by atoms with Crippen LogP contribution in [0.25, 0.3) is 0 Å². The van der Waals surface area contributed by atoms with Crippen molar-refractivity contribution in [3.05, 3.63) is 114 Å². The number of aliphatic hydroxyl groups excluding tert-OH is 1. The molecule has 1 fully saturated rings.